The zero-order chi connectivity index (χ0) is 12.0. The molecule has 17 heavy (non-hydrogen) atoms. The van der Waals surface area contributed by atoms with Gasteiger partial charge in [0.25, 0.3) is 0 Å². The third-order valence-corrected chi connectivity index (χ3v) is 4.74. The Kier molecular flexibility index (Phi) is 2.58. The Hall–Kier alpha value is -1.09. The second-order valence-electron chi connectivity index (χ2n) is 5.02. The lowest BCUT2D eigenvalue weighted by atomic mass is 10.00. The van der Waals surface area contributed by atoms with Crippen molar-refractivity contribution in [3.8, 4) is 10.6 Å². The Labute approximate surface area is 106 Å². The average Bonchev–Trinajstić information content (AvgIpc) is 2.91. The minimum Gasteiger partial charge on any atom is -0.345 e. The minimum atomic E-state index is 0.481. The van der Waals surface area contributed by atoms with E-state index in [1.165, 1.54) is 33.1 Å². The van der Waals surface area contributed by atoms with E-state index in [9.17, 15) is 0 Å². The number of aromatic amines is 1. The van der Waals surface area contributed by atoms with E-state index in [1.807, 2.05) is 11.3 Å². The summed E-state index contributed by atoms with van der Waals surface area (Å²) in [6.07, 6.45) is 3.41. The number of aryl methyl sites for hydroxylation is 3. The molecule has 0 unspecified atom stereocenters. The van der Waals surface area contributed by atoms with Gasteiger partial charge in [0, 0.05) is 16.5 Å². The number of nitrogens with one attached hydrogen (secondary N) is 1. The van der Waals surface area contributed by atoms with E-state index in [2.05, 4.69) is 31.8 Å². The molecule has 0 radical (unpaired) electrons. The first-order valence-corrected chi connectivity index (χ1v) is 7.21. The van der Waals surface area contributed by atoms with E-state index in [0.29, 0.717) is 5.92 Å². The second kappa shape index (κ2) is 3.98. The molecular weight excluding hydrogens is 228 g/mol. The van der Waals surface area contributed by atoms with E-state index in [1.54, 1.807) is 0 Å². The molecule has 3 rings (SSSR count). The predicted molar refractivity (Wildman–Crippen MR) is 72.8 cm³/mol. The van der Waals surface area contributed by atoms with Crippen LogP contribution in [0.2, 0.25) is 0 Å². The van der Waals surface area contributed by atoms with Crippen molar-refractivity contribution in [2.75, 3.05) is 0 Å². The maximum atomic E-state index is 4.79. The van der Waals surface area contributed by atoms with Gasteiger partial charge in [0.1, 0.15) is 11.5 Å². The molecule has 1 aliphatic carbocycles. The van der Waals surface area contributed by atoms with Crippen LogP contribution in [0.3, 0.4) is 0 Å². The average molecular weight is 246 g/mol. The standard InChI is InChI=1S/C14H18N2S/c1-4-10-7-9-5-6-11-12(13(9)17-10)16-14(15-11)8(2)3/h7-8H,4-6H2,1-3H3,(H,15,16). The van der Waals surface area contributed by atoms with Crippen LogP contribution in [0.1, 0.15) is 48.6 Å². The summed E-state index contributed by atoms with van der Waals surface area (Å²) in [6.45, 7) is 6.61. The van der Waals surface area contributed by atoms with Crippen molar-refractivity contribution < 1.29 is 0 Å². The summed E-state index contributed by atoms with van der Waals surface area (Å²) in [4.78, 5) is 11.2. The largest absolute Gasteiger partial charge is 0.345 e. The van der Waals surface area contributed by atoms with Gasteiger partial charge in [-0.25, -0.2) is 4.98 Å². The molecule has 1 N–H and O–H groups in total. The van der Waals surface area contributed by atoms with Crippen molar-refractivity contribution in [2.24, 2.45) is 0 Å². The first kappa shape index (κ1) is 11.0. The Morgan fingerprint density at radius 1 is 1.41 bits per heavy atom. The van der Waals surface area contributed by atoms with Crippen LogP contribution in [0.25, 0.3) is 10.6 Å². The smallest absolute Gasteiger partial charge is 0.109 e. The van der Waals surface area contributed by atoms with E-state index >= 15 is 0 Å². The number of imidazole rings is 1. The van der Waals surface area contributed by atoms with Crippen LogP contribution < -0.4 is 0 Å². The van der Waals surface area contributed by atoms with Crippen molar-refractivity contribution in [3.63, 3.8) is 0 Å². The highest BCUT2D eigenvalue weighted by molar-refractivity contribution is 7.15. The Morgan fingerprint density at radius 2 is 2.24 bits per heavy atom. The maximum Gasteiger partial charge on any atom is 0.109 e. The first-order valence-electron chi connectivity index (χ1n) is 6.39. The fraction of sp³-hybridized carbons (Fsp3) is 0.500. The van der Waals surface area contributed by atoms with Gasteiger partial charge >= 0.3 is 0 Å². The summed E-state index contributed by atoms with van der Waals surface area (Å²) in [5, 5.41) is 0. The molecule has 0 atom stereocenters. The molecule has 2 aromatic rings. The molecule has 3 heteroatoms. The summed E-state index contributed by atoms with van der Waals surface area (Å²) in [5.41, 5.74) is 4.06. The van der Waals surface area contributed by atoms with Gasteiger partial charge < -0.3 is 4.98 Å². The molecule has 0 bridgehead atoms. The van der Waals surface area contributed by atoms with Crippen LogP contribution in [0, 0.1) is 0 Å². The summed E-state index contributed by atoms with van der Waals surface area (Å²) >= 11 is 1.92. The molecular formula is C14H18N2S. The van der Waals surface area contributed by atoms with Crippen molar-refractivity contribution in [3.05, 3.63) is 28.0 Å². The SMILES string of the molecule is CCc1cc2c(s1)-c1nc(C(C)C)[nH]c1CC2. The van der Waals surface area contributed by atoms with Crippen molar-refractivity contribution in [1.29, 1.82) is 0 Å². The first-order chi connectivity index (χ1) is 8.19. The monoisotopic (exact) mass is 246 g/mol. The van der Waals surface area contributed by atoms with Gasteiger partial charge in [0.15, 0.2) is 0 Å². The van der Waals surface area contributed by atoms with Crippen LogP contribution in [-0.2, 0) is 19.3 Å². The van der Waals surface area contributed by atoms with Crippen LogP contribution in [-0.4, -0.2) is 9.97 Å². The minimum absolute atomic E-state index is 0.481. The molecule has 0 spiro atoms. The summed E-state index contributed by atoms with van der Waals surface area (Å²) in [7, 11) is 0. The molecule has 0 fully saturated rings. The van der Waals surface area contributed by atoms with Crippen LogP contribution in [0.4, 0.5) is 0 Å². The van der Waals surface area contributed by atoms with E-state index in [0.717, 1.165) is 18.7 Å². The second-order valence-corrected chi connectivity index (χ2v) is 6.16. The lowest BCUT2D eigenvalue weighted by Gasteiger charge is -2.09. The predicted octanol–water partition coefficient (Wildman–Crippen LogP) is 3.92. The van der Waals surface area contributed by atoms with Crippen LogP contribution in [0.15, 0.2) is 6.07 Å². The van der Waals surface area contributed by atoms with Gasteiger partial charge in [-0.05, 0) is 30.9 Å². The van der Waals surface area contributed by atoms with Crippen LogP contribution in [0.5, 0.6) is 0 Å². The zero-order valence-electron chi connectivity index (χ0n) is 10.6. The highest BCUT2D eigenvalue weighted by Gasteiger charge is 2.23. The van der Waals surface area contributed by atoms with Crippen molar-refractivity contribution >= 4 is 11.3 Å². The van der Waals surface area contributed by atoms with Gasteiger partial charge in [0.2, 0.25) is 0 Å². The van der Waals surface area contributed by atoms with E-state index in [4.69, 9.17) is 4.98 Å². The molecule has 0 saturated carbocycles. The normalized spacial score (nSPS) is 13.9. The summed E-state index contributed by atoms with van der Waals surface area (Å²) in [6, 6.07) is 2.37. The van der Waals surface area contributed by atoms with Crippen LogP contribution >= 0.6 is 11.3 Å². The summed E-state index contributed by atoms with van der Waals surface area (Å²) < 4.78 is 0. The Bertz CT molecular complexity index is 549. The number of aromatic nitrogens is 2. The molecule has 2 nitrogen and oxygen atoms in total. The molecule has 0 saturated heterocycles. The Morgan fingerprint density at radius 3 is 2.94 bits per heavy atom. The van der Waals surface area contributed by atoms with Crippen molar-refractivity contribution in [2.45, 2.75) is 46.0 Å². The van der Waals surface area contributed by atoms with E-state index in [-0.39, 0.29) is 0 Å². The lowest BCUT2D eigenvalue weighted by molar-refractivity contribution is 0.787. The van der Waals surface area contributed by atoms with Gasteiger partial charge in [-0.3, -0.25) is 0 Å². The highest BCUT2D eigenvalue weighted by Crippen LogP contribution is 2.39. The van der Waals surface area contributed by atoms with Gasteiger partial charge in [-0.15, -0.1) is 11.3 Å². The summed E-state index contributed by atoms with van der Waals surface area (Å²) in [5.74, 6) is 1.61. The third kappa shape index (κ3) is 1.73. The van der Waals surface area contributed by atoms with Gasteiger partial charge in [0.05, 0.1) is 4.88 Å². The van der Waals surface area contributed by atoms with Gasteiger partial charge in [-0.2, -0.15) is 0 Å². The molecule has 2 aromatic heterocycles. The molecule has 0 amide bonds. The van der Waals surface area contributed by atoms with E-state index < -0.39 is 0 Å². The molecule has 90 valence electrons. The topological polar surface area (TPSA) is 28.7 Å². The molecule has 2 heterocycles. The number of hydrogen-bond acceptors (Lipinski definition) is 2. The lowest BCUT2D eigenvalue weighted by Crippen LogP contribution is -2.00. The fourth-order valence-corrected chi connectivity index (χ4v) is 3.54. The number of fused-ring (bicyclic) bond motifs is 3. The fourth-order valence-electron chi connectivity index (χ4n) is 2.38. The Balaban J connectivity index is 2.11. The number of rotatable bonds is 2. The van der Waals surface area contributed by atoms with Gasteiger partial charge in [-0.1, -0.05) is 20.8 Å². The molecule has 0 aliphatic heterocycles. The number of nitrogens with zero attached hydrogens (tertiary/aromatic N) is 1. The van der Waals surface area contributed by atoms with Crippen molar-refractivity contribution in [1.82, 2.24) is 9.97 Å². The highest BCUT2D eigenvalue weighted by atomic mass is 32.1. The number of H-pyrrole nitrogens is 1. The number of thiophene rings is 1. The molecule has 0 aromatic carbocycles. The third-order valence-electron chi connectivity index (χ3n) is 3.41. The zero-order valence-corrected chi connectivity index (χ0v) is 11.4. The quantitative estimate of drug-likeness (QED) is 0.854. The maximum absolute atomic E-state index is 4.79. The molecule has 1 aliphatic rings. The number of hydrogen-bond donors (Lipinski definition) is 1.